The summed E-state index contributed by atoms with van der Waals surface area (Å²) in [6.45, 7) is 1.57. The summed E-state index contributed by atoms with van der Waals surface area (Å²) in [6.07, 6.45) is 1.34. The number of hydrogen-bond acceptors (Lipinski definition) is 3. The van der Waals surface area contributed by atoms with E-state index in [0.29, 0.717) is 6.42 Å². The molecule has 98 valence electrons. The van der Waals surface area contributed by atoms with Crippen molar-refractivity contribution in [3.8, 4) is 0 Å². The van der Waals surface area contributed by atoms with Gasteiger partial charge in [-0.2, -0.15) is 0 Å². The Balaban J connectivity index is 1.99. The summed E-state index contributed by atoms with van der Waals surface area (Å²) in [7, 11) is 1.39. The maximum atomic E-state index is 13.4. The minimum atomic E-state index is -0.411. The molecule has 0 aliphatic carbocycles. The van der Waals surface area contributed by atoms with Gasteiger partial charge < -0.3 is 9.64 Å². The molecule has 0 amide bonds. The van der Waals surface area contributed by atoms with Crippen molar-refractivity contribution in [1.29, 1.82) is 0 Å². The molecule has 1 fully saturated rings. The second-order valence-electron chi connectivity index (χ2n) is 4.48. The Kier molecular flexibility index (Phi) is 4.07. The number of rotatable bonds is 3. The molecule has 0 spiro atoms. The summed E-state index contributed by atoms with van der Waals surface area (Å²) < 4.78 is 18.0. The average molecular weight is 272 g/mol. The molecular formula is C13H15ClFNO2. The van der Waals surface area contributed by atoms with Gasteiger partial charge in [-0.3, -0.25) is 4.79 Å². The molecule has 0 saturated carbocycles. The van der Waals surface area contributed by atoms with Crippen molar-refractivity contribution in [2.75, 3.05) is 25.1 Å². The standard InChI is InChI=1S/C13H15ClFNO2/c1-18-13(17)6-9-4-5-16(8-9)10-2-3-11(14)12(15)7-10/h2-3,7,9H,4-6,8H2,1H3/t9-/m1/s1. The van der Waals surface area contributed by atoms with E-state index in [2.05, 4.69) is 9.64 Å². The highest BCUT2D eigenvalue weighted by molar-refractivity contribution is 6.30. The predicted molar refractivity (Wildman–Crippen MR) is 68.4 cm³/mol. The van der Waals surface area contributed by atoms with E-state index in [-0.39, 0.29) is 16.9 Å². The van der Waals surface area contributed by atoms with Crippen LogP contribution in [0.1, 0.15) is 12.8 Å². The predicted octanol–water partition coefficient (Wildman–Crippen LogP) is 2.87. The van der Waals surface area contributed by atoms with Gasteiger partial charge in [0.25, 0.3) is 0 Å². The van der Waals surface area contributed by atoms with Gasteiger partial charge in [-0.25, -0.2) is 4.39 Å². The molecule has 5 heteroatoms. The van der Waals surface area contributed by atoms with Crippen LogP contribution in [0.3, 0.4) is 0 Å². The third-order valence-electron chi connectivity index (χ3n) is 3.24. The number of nitrogens with zero attached hydrogens (tertiary/aromatic N) is 1. The quantitative estimate of drug-likeness (QED) is 0.792. The van der Waals surface area contributed by atoms with Gasteiger partial charge in [0.15, 0.2) is 0 Å². The van der Waals surface area contributed by atoms with Crippen LogP contribution in [0.4, 0.5) is 10.1 Å². The van der Waals surface area contributed by atoms with E-state index in [1.807, 2.05) is 0 Å². The third-order valence-corrected chi connectivity index (χ3v) is 3.54. The van der Waals surface area contributed by atoms with E-state index < -0.39 is 5.82 Å². The lowest BCUT2D eigenvalue weighted by Crippen LogP contribution is -2.20. The minimum Gasteiger partial charge on any atom is -0.469 e. The summed E-state index contributed by atoms with van der Waals surface area (Å²) in [6, 6.07) is 4.79. The monoisotopic (exact) mass is 271 g/mol. The lowest BCUT2D eigenvalue weighted by Gasteiger charge is -2.18. The highest BCUT2D eigenvalue weighted by Crippen LogP contribution is 2.28. The summed E-state index contributed by atoms with van der Waals surface area (Å²) in [4.78, 5) is 13.3. The molecular weight excluding hydrogens is 257 g/mol. The van der Waals surface area contributed by atoms with Gasteiger partial charge in [0, 0.05) is 18.8 Å². The van der Waals surface area contributed by atoms with Crippen LogP contribution < -0.4 is 4.90 Å². The Morgan fingerprint density at radius 3 is 3.06 bits per heavy atom. The minimum absolute atomic E-state index is 0.129. The molecule has 1 aromatic rings. The first kappa shape index (κ1) is 13.1. The maximum absolute atomic E-state index is 13.4. The topological polar surface area (TPSA) is 29.5 Å². The molecule has 1 heterocycles. The van der Waals surface area contributed by atoms with Crippen molar-refractivity contribution >= 4 is 23.3 Å². The fourth-order valence-corrected chi connectivity index (χ4v) is 2.35. The fraction of sp³-hybridized carbons (Fsp3) is 0.462. The number of anilines is 1. The van der Waals surface area contributed by atoms with Crippen molar-refractivity contribution < 1.29 is 13.9 Å². The number of ether oxygens (including phenoxy) is 1. The van der Waals surface area contributed by atoms with Crippen LogP contribution in [0.15, 0.2) is 18.2 Å². The van der Waals surface area contributed by atoms with E-state index in [4.69, 9.17) is 11.6 Å². The summed E-state index contributed by atoms with van der Waals surface area (Å²) in [5, 5.41) is 0.129. The maximum Gasteiger partial charge on any atom is 0.305 e. The van der Waals surface area contributed by atoms with E-state index in [9.17, 15) is 9.18 Å². The Hall–Kier alpha value is -1.29. The lowest BCUT2D eigenvalue weighted by molar-refractivity contribution is -0.141. The fourth-order valence-electron chi connectivity index (χ4n) is 2.23. The zero-order chi connectivity index (χ0) is 13.1. The first-order chi connectivity index (χ1) is 8.60. The van der Waals surface area contributed by atoms with E-state index in [0.717, 1.165) is 25.2 Å². The smallest absolute Gasteiger partial charge is 0.305 e. The molecule has 0 radical (unpaired) electrons. The molecule has 18 heavy (non-hydrogen) atoms. The van der Waals surface area contributed by atoms with Gasteiger partial charge in [-0.05, 0) is 30.5 Å². The molecule has 0 unspecified atom stereocenters. The normalized spacial score (nSPS) is 19.1. The first-order valence-electron chi connectivity index (χ1n) is 5.87. The molecule has 1 aliphatic heterocycles. The first-order valence-corrected chi connectivity index (χ1v) is 6.24. The van der Waals surface area contributed by atoms with Crippen molar-refractivity contribution in [2.45, 2.75) is 12.8 Å². The summed E-state index contributed by atoms with van der Waals surface area (Å²) in [5.74, 6) is -0.328. The van der Waals surface area contributed by atoms with Crippen LogP contribution in [-0.2, 0) is 9.53 Å². The second kappa shape index (κ2) is 5.57. The van der Waals surface area contributed by atoms with Crippen molar-refractivity contribution in [3.05, 3.63) is 29.0 Å². The molecule has 2 rings (SSSR count). The highest BCUT2D eigenvalue weighted by atomic mass is 35.5. The van der Waals surface area contributed by atoms with Crippen LogP contribution >= 0.6 is 11.6 Å². The molecule has 1 aromatic carbocycles. The van der Waals surface area contributed by atoms with E-state index in [1.54, 1.807) is 12.1 Å². The van der Waals surface area contributed by atoms with Crippen LogP contribution in [0, 0.1) is 11.7 Å². The second-order valence-corrected chi connectivity index (χ2v) is 4.89. The molecule has 0 N–H and O–H groups in total. The van der Waals surface area contributed by atoms with Crippen molar-refractivity contribution in [2.24, 2.45) is 5.92 Å². The van der Waals surface area contributed by atoms with Gasteiger partial charge in [-0.15, -0.1) is 0 Å². The average Bonchev–Trinajstić information content (AvgIpc) is 2.81. The van der Waals surface area contributed by atoms with Gasteiger partial charge in [0.1, 0.15) is 5.82 Å². The number of halogens is 2. The van der Waals surface area contributed by atoms with Crippen molar-refractivity contribution in [3.63, 3.8) is 0 Å². The van der Waals surface area contributed by atoms with Gasteiger partial charge in [-0.1, -0.05) is 11.6 Å². The highest BCUT2D eigenvalue weighted by Gasteiger charge is 2.25. The Morgan fingerprint density at radius 1 is 1.61 bits per heavy atom. The largest absolute Gasteiger partial charge is 0.469 e. The number of hydrogen-bond donors (Lipinski definition) is 0. The molecule has 1 saturated heterocycles. The Bertz CT molecular complexity index is 453. The van der Waals surface area contributed by atoms with E-state index in [1.165, 1.54) is 13.2 Å². The summed E-state index contributed by atoms with van der Waals surface area (Å²) in [5.41, 5.74) is 0.810. The molecule has 1 atom stereocenters. The van der Waals surface area contributed by atoms with Crippen molar-refractivity contribution in [1.82, 2.24) is 0 Å². The van der Waals surface area contributed by atoms with Gasteiger partial charge in [0.05, 0.1) is 18.6 Å². The number of carbonyl (C=O) groups excluding carboxylic acids is 1. The number of esters is 1. The molecule has 0 bridgehead atoms. The van der Waals surface area contributed by atoms with Crippen LogP contribution in [0.25, 0.3) is 0 Å². The SMILES string of the molecule is COC(=O)C[C@H]1CCN(c2ccc(Cl)c(F)c2)C1. The Morgan fingerprint density at radius 2 is 2.39 bits per heavy atom. The van der Waals surface area contributed by atoms with E-state index >= 15 is 0 Å². The Labute approximate surface area is 110 Å². The molecule has 3 nitrogen and oxygen atoms in total. The molecule has 1 aliphatic rings. The molecule has 0 aromatic heterocycles. The van der Waals surface area contributed by atoms with Gasteiger partial charge in [0.2, 0.25) is 0 Å². The lowest BCUT2D eigenvalue weighted by atomic mass is 10.1. The number of methoxy groups -OCH3 is 1. The zero-order valence-corrected chi connectivity index (χ0v) is 10.9. The van der Waals surface area contributed by atoms with Crippen LogP contribution in [-0.4, -0.2) is 26.2 Å². The zero-order valence-electron chi connectivity index (χ0n) is 10.2. The number of benzene rings is 1. The third kappa shape index (κ3) is 2.93. The van der Waals surface area contributed by atoms with Crippen LogP contribution in [0.2, 0.25) is 5.02 Å². The summed E-state index contributed by atoms with van der Waals surface area (Å²) >= 11 is 5.65. The van der Waals surface area contributed by atoms with Gasteiger partial charge >= 0.3 is 5.97 Å². The number of carbonyl (C=O) groups is 1. The van der Waals surface area contributed by atoms with Crippen LogP contribution in [0.5, 0.6) is 0 Å².